The van der Waals surface area contributed by atoms with Crippen LogP contribution in [0.25, 0.3) is 0 Å². The second kappa shape index (κ2) is 4.63. The van der Waals surface area contributed by atoms with Crippen molar-refractivity contribution in [3.05, 3.63) is 0 Å². The lowest BCUT2D eigenvalue weighted by Gasteiger charge is -2.35. The lowest BCUT2D eigenvalue weighted by molar-refractivity contribution is 0.357. The van der Waals surface area contributed by atoms with Crippen LogP contribution in [0.1, 0.15) is 34.1 Å². The highest BCUT2D eigenvalue weighted by Gasteiger charge is 2.32. The van der Waals surface area contributed by atoms with Gasteiger partial charge in [-0.1, -0.05) is 34.1 Å². The van der Waals surface area contributed by atoms with Gasteiger partial charge in [0, 0.05) is 0 Å². The van der Waals surface area contributed by atoms with Crippen LogP contribution in [-0.4, -0.2) is 26.9 Å². The highest BCUT2D eigenvalue weighted by Crippen LogP contribution is 2.38. The van der Waals surface area contributed by atoms with E-state index in [9.17, 15) is 0 Å². The highest BCUT2D eigenvalue weighted by atomic mass is 35.6. The van der Waals surface area contributed by atoms with Crippen molar-refractivity contribution in [1.29, 1.82) is 0 Å². The molecule has 3 heteroatoms. The van der Waals surface area contributed by atoms with Crippen LogP contribution in [0.15, 0.2) is 0 Å². The molecule has 0 heterocycles. The predicted octanol–water partition coefficient (Wildman–Crippen LogP) is 2.83. The van der Waals surface area contributed by atoms with E-state index in [4.69, 9.17) is 11.1 Å². The Morgan fingerprint density at radius 2 is 1.75 bits per heavy atom. The average Bonchev–Trinajstić information content (AvgIpc) is 1.85. The second-order valence-electron chi connectivity index (χ2n) is 4.72. The van der Waals surface area contributed by atoms with Gasteiger partial charge in [-0.2, -0.15) is 0 Å². The van der Waals surface area contributed by atoms with Gasteiger partial charge in [-0.3, -0.25) is 0 Å². The monoisotopic (exact) mass is 207 g/mol. The van der Waals surface area contributed by atoms with Crippen LogP contribution in [-0.2, 0) is 0 Å². The van der Waals surface area contributed by atoms with Crippen molar-refractivity contribution in [3.8, 4) is 0 Å². The second-order valence-corrected chi connectivity index (χ2v) is 8.64. The van der Waals surface area contributed by atoms with E-state index < -0.39 is 8.27 Å². The first-order chi connectivity index (χ1) is 5.30. The number of halogens is 1. The summed E-state index contributed by atoms with van der Waals surface area (Å²) in [7, 11) is 2.98. The van der Waals surface area contributed by atoms with E-state index in [-0.39, 0.29) is 0 Å². The molecular weight excluding hydrogens is 186 g/mol. The molecule has 0 saturated carbocycles. The first-order valence-corrected chi connectivity index (χ1v) is 7.54. The number of hydrogen-bond donors (Lipinski definition) is 0. The Labute approximate surface area is 83.5 Å². The van der Waals surface area contributed by atoms with E-state index in [0.29, 0.717) is 11.0 Å². The molecule has 2 atom stereocenters. The minimum Gasteiger partial charge on any atom is -0.319 e. The van der Waals surface area contributed by atoms with Gasteiger partial charge in [0.25, 0.3) is 0 Å². The van der Waals surface area contributed by atoms with Gasteiger partial charge in [-0.05, 0) is 25.1 Å². The van der Waals surface area contributed by atoms with Crippen molar-refractivity contribution in [2.24, 2.45) is 5.41 Å². The summed E-state index contributed by atoms with van der Waals surface area (Å²) in [6, 6.07) is 0. The van der Waals surface area contributed by atoms with E-state index in [1.165, 1.54) is 6.42 Å². The van der Waals surface area contributed by atoms with Gasteiger partial charge in [0.15, 0.2) is 0 Å². The third-order valence-corrected chi connectivity index (χ3v) is 7.58. The van der Waals surface area contributed by atoms with E-state index >= 15 is 0 Å². The lowest BCUT2D eigenvalue weighted by Crippen LogP contribution is -2.37. The molecule has 0 aliphatic carbocycles. The first kappa shape index (κ1) is 12.5. The molecule has 0 aromatic heterocycles. The zero-order valence-corrected chi connectivity index (χ0v) is 11.1. The maximum Gasteiger partial charge on any atom is 0.216 e. The standard InChI is InChI=1S/C9H22ClNSi/c1-7-8(9(2,3)4)12(10)11(5)6/h8,12H,7H2,1-6H3. The topological polar surface area (TPSA) is 3.24 Å². The van der Waals surface area contributed by atoms with Crippen LogP contribution in [0, 0.1) is 5.41 Å². The molecule has 0 amide bonds. The van der Waals surface area contributed by atoms with Crippen molar-refractivity contribution >= 4 is 19.3 Å². The summed E-state index contributed by atoms with van der Waals surface area (Å²) in [6.07, 6.45) is 1.20. The molecule has 74 valence electrons. The summed E-state index contributed by atoms with van der Waals surface area (Å²) < 4.78 is 2.22. The Morgan fingerprint density at radius 3 is 1.83 bits per heavy atom. The normalized spacial score (nSPS) is 18.0. The molecule has 0 saturated heterocycles. The molecule has 0 N–H and O–H groups in total. The van der Waals surface area contributed by atoms with Gasteiger partial charge in [-0.25, -0.2) is 0 Å². The van der Waals surface area contributed by atoms with Gasteiger partial charge >= 0.3 is 0 Å². The molecule has 0 spiro atoms. The largest absolute Gasteiger partial charge is 0.319 e. The third-order valence-electron chi connectivity index (χ3n) is 2.38. The zero-order valence-electron chi connectivity index (χ0n) is 9.19. The number of rotatable bonds is 3. The molecule has 0 fully saturated rings. The molecule has 2 unspecified atom stereocenters. The fraction of sp³-hybridized carbons (Fsp3) is 1.00. The fourth-order valence-corrected chi connectivity index (χ4v) is 5.18. The quantitative estimate of drug-likeness (QED) is 0.508. The van der Waals surface area contributed by atoms with Crippen molar-refractivity contribution in [2.75, 3.05) is 14.1 Å². The van der Waals surface area contributed by atoms with Gasteiger partial charge in [0.1, 0.15) is 0 Å². The number of nitrogens with zero attached hydrogens (tertiary/aromatic N) is 1. The lowest BCUT2D eigenvalue weighted by atomic mass is 9.90. The van der Waals surface area contributed by atoms with Crippen LogP contribution < -0.4 is 0 Å². The summed E-state index contributed by atoms with van der Waals surface area (Å²) >= 11 is 6.43. The van der Waals surface area contributed by atoms with Crippen LogP contribution >= 0.6 is 11.1 Å². The van der Waals surface area contributed by atoms with Gasteiger partial charge < -0.3 is 4.57 Å². The molecule has 12 heavy (non-hydrogen) atoms. The van der Waals surface area contributed by atoms with Crippen molar-refractivity contribution < 1.29 is 0 Å². The van der Waals surface area contributed by atoms with Crippen molar-refractivity contribution in [2.45, 2.75) is 39.7 Å². The fourth-order valence-electron chi connectivity index (χ4n) is 1.58. The smallest absolute Gasteiger partial charge is 0.216 e. The molecule has 0 aromatic carbocycles. The Morgan fingerprint density at radius 1 is 1.33 bits per heavy atom. The molecule has 0 rings (SSSR count). The maximum absolute atomic E-state index is 6.43. The first-order valence-electron chi connectivity index (χ1n) is 4.61. The van der Waals surface area contributed by atoms with E-state index in [1.54, 1.807) is 0 Å². The molecule has 0 aromatic rings. The van der Waals surface area contributed by atoms with Crippen molar-refractivity contribution in [1.82, 2.24) is 4.57 Å². The van der Waals surface area contributed by atoms with E-state index in [1.807, 2.05) is 0 Å². The van der Waals surface area contributed by atoms with Crippen LogP contribution in [0.5, 0.6) is 0 Å². The minimum atomic E-state index is -1.21. The summed E-state index contributed by atoms with van der Waals surface area (Å²) in [6.45, 7) is 9.09. The summed E-state index contributed by atoms with van der Waals surface area (Å²) in [5.74, 6) is 0. The van der Waals surface area contributed by atoms with Crippen LogP contribution in [0.4, 0.5) is 0 Å². The third kappa shape index (κ3) is 3.46. The molecule has 0 radical (unpaired) electrons. The summed E-state index contributed by atoms with van der Waals surface area (Å²) in [5, 5.41) is 0. The predicted molar refractivity (Wildman–Crippen MR) is 60.2 cm³/mol. The average molecular weight is 208 g/mol. The van der Waals surface area contributed by atoms with E-state index in [0.717, 1.165) is 0 Å². The number of hydrogen-bond acceptors (Lipinski definition) is 1. The Hall–Kier alpha value is 0.467. The Bertz CT molecular complexity index is 131. The minimum absolute atomic E-state index is 0.359. The van der Waals surface area contributed by atoms with E-state index in [2.05, 4.69) is 46.4 Å². The molecule has 0 aliphatic heterocycles. The summed E-state index contributed by atoms with van der Waals surface area (Å²) in [5.41, 5.74) is 1.05. The Kier molecular flexibility index (Phi) is 4.81. The molecule has 0 bridgehead atoms. The van der Waals surface area contributed by atoms with Gasteiger partial charge in [-0.15, -0.1) is 11.1 Å². The summed E-state index contributed by atoms with van der Waals surface area (Å²) in [4.78, 5) is 0. The Balaban J connectivity index is 4.35. The zero-order chi connectivity index (χ0) is 9.94. The van der Waals surface area contributed by atoms with Crippen LogP contribution in [0.2, 0.25) is 5.54 Å². The molecular formula is C9H22ClNSi. The molecule has 0 aliphatic rings. The maximum atomic E-state index is 6.43. The van der Waals surface area contributed by atoms with Crippen LogP contribution in [0.3, 0.4) is 0 Å². The van der Waals surface area contributed by atoms with Gasteiger partial charge in [0.2, 0.25) is 8.27 Å². The molecule has 1 nitrogen and oxygen atoms in total. The van der Waals surface area contributed by atoms with Crippen molar-refractivity contribution in [3.63, 3.8) is 0 Å². The SMILES string of the molecule is CCC([SiH](Cl)N(C)C)C(C)(C)C. The van der Waals surface area contributed by atoms with Gasteiger partial charge in [0.05, 0.1) is 0 Å². The highest BCUT2D eigenvalue weighted by molar-refractivity contribution is 7.06.